The van der Waals surface area contributed by atoms with Gasteiger partial charge in [0.05, 0.1) is 34.7 Å². The van der Waals surface area contributed by atoms with E-state index < -0.39 is 29.5 Å². The minimum Gasteiger partial charge on any atom is -0.461 e. The third-order valence-electron chi connectivity index (χ3n) is 8.11. The Morgan fingerprint density at radius 1 is 1.24 bits per heavy atom. The first-order valence-corrected chi connectivity index (χ1v) is 16.0. The maximum atomic E-state index is 13.8. The highest BCUT2D eigenvalue weighted by Gasteiger charge is 2.44. The van der Waals surface area contributed by atoms with E-state index in [4.69, 9.17) is 10.5 Å². The van der Waals surface area contributed by atoms with Gasteiger partial charge in [0, 0.05) is 23.6 Å². The van der Waals surface area contributed by atoms with Gasteiger partial charge in [-0.25, -0.2) is 4.98 Å². The highest BCUT2D eigenvalue weighted by molar-refractivity contribution is 7.09. The molecular formula is C33H51N3O5S. The molecule has 0 bridgehead atoms. The van der Waals surface area contributed by atoms with Crippen molar-refractivity contribution < 1.29 is 24.2 Å². The van der Waals surface area contributed by atoms with Gasteiger partial charge in [-0.2, -0.15) is 0 Å². The number of hydrogen-bond acceptors (Lipinski definition) is 8. The number of hydrogen-bond donors (Lipinski definition) is 3. The highest BCUT2D eigenvalue weighted by Crippen LogP contribution is 2.33. The van der Waals surface area contributed by atoms with Gasteiger partial charge in [-0.05, 0) is 78.5 Å². The SMILES string of the molecule is CC1=CC[C@@H](C(C)=Cc2csc(C)n2)NC(=O)C[C@H](OC(=O)CCCCCN)C(C)(C)C(=O)[C@H](C)[C@@H](O)[C@@H](C)C=CC1. The van der Waals surface area contributed by atoms with Crippen LogP contribution < -0.4 is 11.1 Å². The highest BCUT2D eigenvalue weighted by atomic mass is 32.1. The van der Waals surface area contributed by atoms with Crippen molar-refractivity contribution in [1.29, 1.82) is 0 Å². The first-order valence-electron chi connectivity index (χ1n) is 15.1. The Bertz CT molecular complexity index is 1150. The average molecular weight is 602 g/mol. The standard InChI is InChI=1S/C33H51N3O5S/c1-21-12-11-13-22(2)31(39)24(4)32(40)33(6,7)28(41-30(38)14-9-8-10-17-34)19-29(37)36-27(16-15-21)23(3)18-26-20-42-25(5)35-26/h11,13,15,18,20,22,24,27-28,31,39H,8-10,12,14,16-17,19,34H2,1-7H3,(H,36,37)/t22-,24+,27-,28-,31-/m0/s1. The van der Waals surface area contributed by atoms with Gasteiger partial charge in [0.25, 0.3) is 0 Å². The summed E-state index contributed by atoms with van der Waals surface area (Å²) in [4.78, 5) is 44.8. The number of carbonyl (C=O) groups is 3. The molecule has 0 aliphatic carbocycles. The molecular weight excluding hydrogens is 550 g/mol. The van der Waals surface area contributed by atoms with E-state index in [-0.39, 0.29) is 36.5 Å². The van der Waals surface area contributed by atoms with E-state index in [1.54, 1.807) is 32.1 Å². The molecule has 2 heterocycles. The molecule has 5 atom stereocenters. The zero-order valence-electron chi connectivity index (χ0n) is 26.4. The van der Waals surface area contributed by atoms with Crippen molar-refractivity contribution in [1.82, 2.24) is 10.3 Å². The second-order valence-corrected chi connectivity index (χ2v) is 13.3. The summed E-state index contributed by atoms with van der Waals surface area (Å²) in [5.74, 6) is -2.00. The summed E-state index contributed by atoms with van der Waals surface area (Å²) in [6.07, 6.45) is 9.64. The fraction of sp³-hybridized carbons (Fsp3) is 0.636. The number of ether oxygens (including phenoxy) is 1. The van der Waals surface area contributed by atoms with Crippen LogP contribution in [0.15, 0.2) is 34.8 Å². The average Bonchev–Trinajstić information content (AvgIpc) is 3.35. The molecule has 9 heteroatoms. The van der Waals surface area contributed by atoms with Crippen LogP contribution in [0.4, 0.5) is 0 Å². The van der Waals surface area contributed by atoms with E-state index in [2.05, 4.69) is 16.4 Å². The Labute approximate surface area is 255 Å². The summed E-state index contributed by atoms with van der Waals surface area (Å²) in [6.45, 7) is 13.5. The van der Waals surface area contributed by atoms with Crippen molar-refractivity contribution in [3.05, 3.63) is 45.5 Å². The number of aryl methyl sites for hydroxylation is 1. The van der Waals surface area contributed by atoms with Gasteiger partial charge in [0.15, 0.2) is 0 Å². The van der Waals surface area contributed by atoms with Gasteiger partial charge >= 0.3 is 5.97 Å². The van der Waals surface area contributed by atoms with E-state index in [9.17, 15) is 19.5 Å². The van der Waals surface area contributed by atoms with Crippen LogP contribution in [0.3, 0.4) is 0 Å². The van der Waals surface area contributed by atoms with Crippen molar-refractivity contribution in [3.63, 3.8) is 0 Å². The lowest BCUT2D eigenvalue weighted by Crippen LogP contribution is -2.48. The Morgan fingerprint density at radius 3 is 2.60 bits per heavy atom. The molecule has 1 aliphatic rings. The van der Waals surface area contributed by atoms with Crippen LogP contribution in [0, 0.1) is 24.2 Å². The number of nitrogens with two attached hydrogens (primary N) is 1. The molecule has 0 spiro atoms. The lowest BCUT2D eigenvalue weighted by atomic mass is 9.73. The summed E-state index contributed by atoms with van der Waals surface area (Å²) >= 11 is 1.57. The first kappa shape index (κ1) is 35.6. The van der Waals surface area contributed by atoms with E-state index in [1.165, 1.54) is 0 Å². The van der Waals surface area contributed by atoms with E-state index in [0.29, 0.717) is 25.8 Å². The maximum absolute atomic E-state index is 13.8. The van der Waals surface area contributed by atoms with Crippen LogP contribution in [0.5, 0.6) is 0 Å². The predicted octanol–water partition coefficient (Wildman–Crippen LogP) is 5.69. The summed E-state index contributed by atoms with van der Waals surface area (Å²) < 4.78 is 5.87. The van der Waals surface area contributed by atoms with Gasteiger partial charge in [0.2, 0.25) is 5.91 Å². The fourth-order valence-corrected chi connectivity index (χ4v) is 5.72. The molecule has 1 aliphatic heterocycles. The molecule has 8 nitrogen and oxygen atoms in total. The van der Waals surface area contributed by atoms with Crippen molar-refractivity contribution in [3.8, 4) is 0 Å². The minimum absolute atomic E-state index is 0.173. The Morgan fingerprint density at radius 2 is 1.95 bits per heavy atom. The molecule has 0 saturated carbocycles. The van der Waals surface area contributed by atoms with Gasteiger partial charge in [-0.3, -0.25) is 14.4 Å². The number of amides is 1. The molecule has 1 aromatic heterocycles. The largest absolute Gasteiger partial charge is 0.461 e. The summed E-state index contributed by atoms with van der Waals surface area (Å²) in [7, 11) is 0. The predicted molar refractivity (Wildman–Crippen MR) is 170 cm³/mol. The number of aliphatic hydroxyl groups excluding tert-OH is 1. The lowest BCUT2D eigenvalue weighted by Gasteiger charge is -2.36. The number of Topliss-reactive ketones (excluding diaryl/α,β-unsaturated/α-hetero) is 1. The van der Waals surface area contributed by atoms with Crippen molar-refractivity contribution in [2.75, 3.05) is 6.54 Å². The number of unbranched alkanes of at least 4 members (excludes halogenated alkanes) is 2. The molecule has 1 amide bonds. The smallest absolute Gasteiger partial charge is 0.306 e. The first-order chi connectivity index (χ1) is 19.8. The van der Waals surface area contributed by atoms with Gasteiger partial charge in [0.1, 0.15) is 11.9 Å². The van der Waals surface area contributed by atoms with Crippen LogP contribution in [-0.4, -0.2) is 52.5 Å². The molecule has 0 aromatic carbocycles. The number of ketones is 1. The van der Waals surface area contributed by atoms with Gasteiger partial charge in [-0.15, -0.1) is 11.3 Å². The summed E-state index contributed by atoms with van der Waals surface area (Å²) in [5.41, 5.74) is 7.28. The molecule has 0 fully saturated rings. The number of aromatic nitrogens is 1. The second-order valence-electron chi connectivity index (χ2n) is 12.2. The Balaban J connectivity index is 2.44. The number of nitrogens with zero attached hydrogens (tertiary/aromatic N) is 1. The van der Waals surface area contributed by atoms with Crippen LogP contribution in [0.25, 0.3) is 6.08 Å². The number of allylic oxidation sites excluding steroid dienone is 2. The van der Waals surface area contributed by atoms with E-state index in [1.807, 2.05) is 51.3 Å². The second kappa shape index (κ2) is 16.9. The zero-order valence-corrected chi connectivity index (χ0v) is 27.3. The molecule has 42 heavy (non-hydrogen) atoms. The van der Waals surface area contributed by atoms with Crippen LogP contribution in [0.2, 0.25) is 0 Å². The number of carbonyl (C=O) groups excluding carboxylic acids is 3. The zero-order chi connectivity index (χ0) is 31.4. The molecule has 4 N–H and O–H groups in total. The molecule has 1 aromatic rings. The van der Waals surface area contributed by atoms with Crippen LogP contribution in [0.1, 0.15) is 97.2 Å². The topological polar surface area (TPSA) is 132 Å². The van der Waals surface area contributed by atoms with E-state index in [0.717, 1.165) is 34.7 Å². The third kappa shape index (κ3) is 10.9. The molecule has 0 unspecified atom stereocenters. The number of nitrogens with one attached hydrogen (secondary N) is 1. The van der Waals surface area contributed by atoms with Crippen LogP contribution >= 0.6 is 11.3 Å². The quantitative estimate of drug-likeness (QED) is 0.198. The maximum Gasteiger partial charge on any atom is 0.306 e. The van der Waals surface area contributed by atoms with E-state index >= 15 is 0 Å². The summed E-state index contributed by atoms with van der Waals surface area (Å²) in [5, 5.41) is 17.1. The molecule has 234 valence electrons. The Kier molecular flexibility index (Phi) is 14.3. The summed E-state index contributed by atoms with van der Waals surface area (Å²) in [6, 6.07) is -0.308. The van der Waals surface area contributed by atoms with Crippen molar-refractivity contribution >= 4 is 35.1 Å². The van der Waals surface area contributed by atoms with Crippen molar-refractivity contribution in [2.45, 2.75) is 112 Å². The number of thiazole rings is 1. The number of esters is 1. The van der Waals surface area contributed by atoms with Crippen LogP contribution in [-0.2, 0) is 19.1 Å². The lowest BCUT2D eigenvalue weighted by molar-refractivity contribution is -0.162. The molecule has 2 rings (SSSR count). The monoisotopic (exact) mass is 601 g/mol. The third-order valence-corrected chi connectivity index (χ3v) is 8.90. The fourth-order valence-electron chi connectivity index (χ4n) is 5.15. The minimum atomic E-state index is -1.21. The number of rotatable bonds is 8. The normalized spacial score (nSPS) is 26.5. The molecule has 0 saturated heterocycles. The Hall–Kier alpha value is -2.62. The number of aliphatic hydroxyl groups is 1. The molecule has 0 radical (unpaired) electrons. The van der Waals surface area contributed by atoms with Crippen molar-refractivity contribution in [2.24, 2.45) is 23.0 Å². The van der Waals surface area contributed by atoms with Gasteiger partial charge < -0.3 is 20.9 Å². The van der Waals surface area contributed by atoms with Gasteiger partial charge in [-0.1, -0.05) is 44.1 Å².